The Morgan fingerprint density at radius 1 is 1.48 bits per heavy atom. The molecule has 2 heterocycles. The number of piperazine rings is 1. The lowest BCUT2D eigenvalue weighted by Gasteiger charge is -2.42. The molecule has 0 aliphatic carbocycles. The summed E-state index contributed by atoms with van der Waals surface area (Å²) in [6.45, 7) is 7.07. The maximum Gasteiger partial charge on any atom is 0.321 e. The zero-order chi connectivity index (χ0) is 15.3. The fourth-order valence-electron chi connectivity index (χ4n) is 2.28. The Hall–Kier alpha value is -1.86. The predicted octanol–water partition coefficient (Wildman–Crippen LogP) is 0.289. The molecular formula is C14H22N4O3. The predicted molar refractivity (Wildman–Crippen MR) is 77.6 cm³/mol. The zero-order valence-corrected chi connectivity index (χ0v) is 12.4. The maximum atomic E-state index is 11.9. The molecule has 0 radical (unpaired) electrons. The second-order valence-electron chi connectivity index (χ2n) is 5.72. The van der Waals surface area contributed by atoms with Crippen LogP contribution in [0.15, 0.2) is 22.8 Å². The van der Waals surface area contributed by atoms with Crippen LogP contribution in [0, 0.1) is 0 Å². The van der Waals surface area contributed by atoms with Crippen molar-refractivity contribution in [3.05, 3.63) is 24.2 Å². The van der Waals surface area contributed by atoms with Crippen molar-refractivity contribution in [2.75, 3.05) is 26.2 Å². The Morgan fingerprint density at radius 3 is 2.95 bits per heavy atom. The quantitative estimate of drug-likeness (QED) is 0.743. The Bertz CT molecular complexity index is 484. The fraction of sp³-hybridized carbons (Fsp3) is 0.571. The third-order valence-electron chi connectivity index (χ3n) is 3.56. The summed E-state index contributed by atoms with van der Waals surface area (Å²) in [5.41, 5.74) is -0.0970. The standard InChI is InChI=1S/C14H22N4O3/c1-14(2)10-15-5-6-18(14)9-12(19)17-13(20)16-8-11-4-3-7-21-11/h3-4,7,15H,5-6,8-10H2,1-2H3,(H2,16,17,19,20). The van der Waals surface area contributed by atoms with Crippen LogP contribution in [0.1, 0.15) is 19.6 Å². The molecule has 0 bridgehead atoms. The Kier molecular flexibility index (Phi) is 4.98. The van der Waals surface area contributed by atoms with E-state index in [1.807, 2.05) is 0 Å². The van der Waals surface area contributed by atoms with E-state index in [9.17, 15) is 9.59 Å². The molecule has 0 unspecified atom stereocenters. The molecule has 1 aliphatic rings. The highest BCUT2D eigenvalue weighted by Crippen LogP contribution is 2.15. The van der Waals surface area contributed by atoms with Crippen molar-refractivity contribution in [2.24, 2.45) is 0 Å². The van der Waals surface area contributed by atoms with Crippen LogP contribution < -0.4 is 16.0 Å². The molecular weight excluding hydrogens is 272 g/mol. The van der Waals surface area contributed by atoms with E-state index in [0.29, 0.717) is 5.76 Å². The van der Waals surface area contributed by atoms with Gasteiger partial charge in [0, 0.05) is 25.2 Å². The number of furan rings is 1. The van der Waals surface area contributed by atoms with Crippen LogP contribution in [0.2, 0.25) is 0 Å². The Balaban J connectivity index is 1.74. The van der Waals surface area contributed by atoms with Crippen molar-refractivity contribution in [3.8, 4) is 0 Å². The summed E-state index contributed by atoms with van der Waals surface area (Å²) in [5, 5.41) is 8.21. The first-order valence-corrected chi connectivity index (χ1v) is 7.03. The molecule has 1 saturated heterocycles. The average molecular weight is 294 g/mol. The molecule has 7 heteroatoms. The molecule has 0 atom stereocenters. The number of hydrogen-bond acceptors (Lipinski definition) is 5. The summed E-state index contributed by atoms with van der Waals surface area (Å²) in [5.74, 6) is 0.336. The third kappa shape index (κ3) is 4.57. The van der Waals surface area contributed by atoms with Crippen LogP contribution >= 0.6 is 0 Å². The number of urea groups is 1. The fourth-order valence-corrected chi connectivity index (χ4v) is 2.28. The van der Waals surface area contributed by atoms with Gasteiger partial charge in [0.05, 0.1) is 19.4 Å². The van der Waals surface area contributed by atoms with E-state index < -0.39 is 6.03 Å². The van der Waals surface area contributed by atoms with Crippen LogP contribution in [0.5, 0.6) is 0 Å². The zero-order valence-electron chi connectivity index (χ0n) is 12.4. The van der Waals surface area contributed by atoms with E-state index in [1.165, 1.54) is 6.26 Å². The number of carbonyl (C=O) groups excluding carboxylic acids is 2. The highest BCUT2D eigenvalue weighted by molar-refractivity contribution is 5.95. The minimum Gasteiger partial charge on any atom is -0.467 e. The average Bonchev–Trinajstić information content (AvgIpc) is 2.92. The van der Waals surface area contributed by atoms with E-state index in [4.69, 9.17) is 4.42 Å². The molecule has 1 fully saturated rings. The lowest BCUT2D eigenvalue weighted by atomic mass is 10.0. The summed E-state index contributed by atoms with van der Waals surface area (Å²) < 4.78 is 5.10. The summed E-state index contributed by atoms with van der Waals surface area (Å²) in [7, 11) is 0. The topological polar surface area (TPSA) is 86.6 Å². The van der Waals surface area contributed by atoms with Gasteiger partial charge in [-0.25, -0.2) is 4.79 Å². The Morgan fingerprint density at radius 2 is 2.29 bits per heavy atom. The number of carbonyl (C=O) groups is 2. The normalized spacial score (nSPS) is 18.2. The number of imide groups is 1. The number of nitrogens with zero attached hydrogens (tertiary/aromatic N) is 1. The summed E-state index contributed by atoms with van der Waals surface area (Å²) in [6, 6.07) is 2.99. The molecule has 1 aromatic heterocycles. The number of hydrogen-bond donors (Lipinski definition) is 3. The Labute approximate surface area is 124 Å². The third-order valence-corrected chi connectivity index (χ3v) is 3.56. The molecule has 116 valence electrons. The highest BCUT2D eigenvalue weighted by Gasteiger charge is 2.30. The van der Waals surface area contributed by atoms with Crippen LogP contribution in [0.4, 0.5) is 4.79 Å². The first kappa shape index (κ1) is 15.5. The van der Waals surface area contributed by atoms with Gasteiger partial charge in [0.15, 0.2) is 0 Å². The molecule has 1 aromatic rings. The molecule has 2 rings (SSSR count). The van der Waals surface area contributed by atoms with Crippen LogP contribution in [-0.4, -0.2) is 48.6 Å². The van der Waals surface area contributed by atoms with Crippen LogP contribution in [0.25, 0.3) is 0 Å². The van der Waals surface area contributed by atoms with Gasteiger partial charge in [-0.1, -0.05) is 0 Å². The molecule has 3 amide bonds. The van der Waals surface area contributed by atoms with Gasteiger partial charge in [-0.2, -0.15) is 0 Å². The van der Waals surface area contributed by atoms with Crippen LogP contribution in [0.3, 0.4) is 0 Å². The van der Waals surface area contributed by atoms with E-state index in [0.717, 1.165) is 19.6 Å². The van der Waals surface area contributed by atoms with E-state index in [-0.39, 0.29) is 24.5 Å². The summed E-state index contributed by atoms with van der Waals surface area (Å²) >= 11 is 0. The van der Waals surface area contributed by atoms with E-state index in [1.54, 1.807) is 12.1 Å². The lowest BCUT2D eigenvalue weighted by Crippen LogP contribution is -2.60. The monoisotopic (exact) mass is 294 g/mol. The van der Waals surface area contributed by atoms with Gasteiger partial charge in [0.2, 0.25) is 5.91 Å². The number of nitrogens with one attached hydrogen (secondary N) is 3. The minimum atomic E-state index is -0.510. The molecule has 3 N–H and O–H groups in total. The van der Waals surface area contributed by atoms with Gasteiger partial charge in [0.25, 0.3) is 0 Å². The number of amides is 3. The van der Waals surface area contributed by atoms with Gasteiger partial charge in [-0.3, -0.25) is 15.0 Å². The number of rotatable bonds is 4. The largest absolute Gasteiger partial charge is 0.467 e. The first-order chi connectivity index (χ1) is 9.97. The van der Waals surface area contributed by atoms with Crippen molar-refractivity contribution in [3.63, 3.8) is 0 Å². The van der Waals surface area contributed by atoms with E-state index in [2.05, 4.69) is 34.7 Å². The summed E-state index contributed by atoms with van der Waals surface area (Å²) in [4.78, 5) is 25.6. The molecule has 21 heavy (non-hydrogen) atoms. The highest BCUT2D eigenvalue weighted by atomic mass is 16.3. The van der Waals surface area contributed by atoms with Crippen LogP contribution in [-0.2, 0) is 11.3 Å². The van der Waals surface area contributed by atoms with Crippen molar-refractivity contribution in [2.45, 2.75) is 25.9 Å². The SMILES string of the molecule is CC1(C)CNCCN1CC(=O)NC(=O)NCc1ccco1. The van der Waals surface area contributed by atoms with Crippen molar-refractivity contribution < 1.29 is 14.0 Å². The second kappa shape index (κ2) is 6.73. The second-order valence-corrected chi connectivity index (χ2v) is 5.72. The molecule has 0 saturated carbocycles. The van der Waals surface area contributed by atoms with Gasteiger partial charge in [-0.05, 0) is 26.0 Å². The molecule has 0 spiro atoms. The maximum absolute atomic E-state index is 11.9. The van der Waals surface area contributed by atoms with Gasteiger partial charge >= 0.3 is 6.03 Å². The van der Waals surface area contributed by atoms with Gasteiger partial charge < -0.3 is 15.1 Å². The molecule has 7 nitrogen and oxygen atoms in total. The van der Waals surface area contributed by atoms with Gasteiger partial charge in [-0.15, -0.1) is 0 Å². The minimum absolute atomic E-state index is 0.0970. The van der Waals surface area contributed by atoms with Crippen molar-refractivity contribution in [1.29, 1.82) is 0 Å². The summed E-state index contributed by atoms with van der Waals surface area (Å²) in [6.07, 6.45) is 1.53. The van der Waals surface area contributed by atoms with Crippen molar-refractivity contribution in [1.82, 2.24) is 20.9 Å². The van der Waals surface area contributed by atoms with E-state index >= 15 is 0 Å². The molecule has 1 aliphatic heterocycles. The lowest BCUT2D eigenvalue weighted by molar-refractivity contribution is -0.122. The smallest absolute Gasteiger partial charge is 0.321 e. The van der Waals surface area contributed by atoms with Crippen molar-refractivity contribution >= 4 is 11.9 Å². The molecule has 0 aromatic carbocycles. The first-order valence-electron chi connectivity index (χ1n) is 7.03. The van der Waals surface area contributed by atoms with Gasteiger partial charge in [0.1, 0.15) is 5.76 Å².